The van der Waals surface area contributed by atoms with Crippen molar-refractivity contribution in [3.63, 3.8) is 0 Å². The van der Waals surface area contributed by atoms with Gasteiger partial charge in [-0.05, 0) is 54.3 Å². The van der Waals surface area contributed by atoms with Crippen LogP contribution in [0.4, 0.5) is 0 Å². The second kappa shape index (κ2) is 10.3. The minimum atomic E-state index is 0. The molecule has 142 valence electrons. The van der Waals surface area contributed by atoms with Crippen LogP contribution in [0.25, 0.3) is 10.8 Å². The minimum Gasteiger partial charge on any atom is -0.356 e. The molecule has 0 bridgehead atoms. The summed E-state index contributed by atoms with van der Waals surface area (Å²) in [4.78, 5) is 8.68. The second-order valence-corrected chi connectivity index (χ2v) is 6.53. The van der Waals surface area contributed by atoms with Crippen LogP contribution in [-0.2, 0) is 6.42 Å². The molecule has 0 amide bonds. The number of hydrogen-bond donors (Lipinski definition) is 2. The highest BCUT2D eigenvalue weighted by atomic mass is 127. The Morgan fingerprint density at radius 1 is 1.07 bits per heavy atom. The van der Waals surface area contributed by atoms with Crippen LogP contribution in [0.1, 0.15) is 29.8 Å². The van der Waals surface area contributed by atoms with E-state index in [4.69, 9.17) is 0 Å². The van der Waals surface area contributed by atoms with Gasteiger partial charge in [0.05, 0.1) is 6.04 Å². The van der Waals surface area contributed by atoms with E-state index in [9.17, 15) is 0 Å². The molecule has 0 aliphatic carbocycles. The first-order valence-electron chi connectivity index (χ1n) is 9.03. The van der Waals surface area contributed by atoms with E-state index < -0.39 is 0 Å². The van der Waals surface area contributed by atoms with E-state index in [0.29, 0.717) is 0 Å². The van der Waals surface area contributed by atoms with Gasteiger partial charge in [0, 0.05) is 25.5 Å². The van der Waals surface area contributed by atoms with E-state index >= 15 is 0 Å². The Balaban J connectivity index is 0.00000261. The van der Waals surface area contributed by atoms with Gasteiger partial charge in [-0.25, -0.2) is 0 Å². The summed E-state index contributed by atoms with van der Waals surface area (Å²) in [7, 11) is 1.80. The lowest BCUT2D eigenvalue weighted by Gasteiger charge is -2.19. The van der Waals surface area contributed by atoms with Crippen molar-refractivity contribution < 1.29 is 0 Å². The van der Waals surface area contributed by atoms with Gasteiger partial charge in [0.1, 0.15) is 0 Å². The molecule has 0 radical (unpaired) electrons. The van der Waals surface area contributed by atoms with Crippen LogP contribution in [0, 0.1) is 6.92 Å². The van der Waals surface area contributed by atoms with Crippen molar-refractivity contribution in [1.82, 2.24) is 15.6 Å². The molecule has 0 spiro atoms. The molecule has 0 saturated heterocycles. The molecular formula is C22H27IN4. The number of benzene rings is 2. The van der Waals surface area contributed by atoms with Crippen LogP contribution in [0.5, 0.6) is 0 Å². The fraction of sp³-hybridized carbons (Fsp3) is 0.273. The monoisotopic (exact) mass is 474 g/mol. The summed E-state index contributed by atoms with van der Waals surface area (Å²) in [6.07, 6.45) is 2.85. The zero-order valence-electron chi connectivity index (χ0n) is 16.1. The quantitative estimate of drug-likeness (QED) is 0.322. The zero-order chi connectivity index (χ0) is 18.4. The molecule has 5 heteroatoms. The first-order chi connectivity index (χ1) is 12.7. The Bertz CT molecular complexity index is 890. The Labute approximate surface area is 178 Å². The van der Waals surface area contributed by atoms with Gasteiger partial charge in [0.15, 0.2) is 5.96 Å². The van der Waals surface area contributed by atoms with Gasteiger partial charge in [-0.1, -0.05) is 42.5 Å². The molecule has 1 atom stereocenters. The van der Waals surface area contributed by atoms with Crippen LogP contribution < -0.4 is 10.6 Å². The van der Waals surface area contributed by atoms with Crippen LogP contribution in [0.2, 0.25) is 0 Å². The average molecular weight is 474 g/mol. The SMILES string of the molecule is CN=C(NCCc1ccc(C)nc1)NC(C)c1ccc2ccccc2c1.I. The van der Waals surface area contributed by atoms with Gasteiger partial charge < -0.3 is 10.6 Å². The number of nitrogens with one attached hydrogen (secondary N) is 2. The van der Waals surface area contributed by atoms with Crippen LogP contribution in [0.3, 0.4) is 0 Å². The fourth-order valence-corrected chi connectivity index (χ4v) is 2.93. The number of halogens is 1. The first kappa shape index (κ1) is 21.2. The Morgan fingerprint density at radius 2 is 1.85 bits per heavy atom. The lowest BCUT2D eigenvalue weighted by atomic mass is 10.0. The molecule has 1 unspecified atom stereocenters. The minimum absolute atomic E-state index is 0. The summed E-state index contributed by atoms with van der Waals surface area (Å²) < 4.78 is 0. The van der Waals surface area contributed by atoms with Gasteiger partial charge in [-0.15, -0.1) is 24.0 Å². The maximum Gasteiger partial charge on any atom is 0.191 e. The standard InChI is InChI=1S/C22H26N4.HI/c1-16-8-9-18(15-25-16)12-13-24-22(23-3)26-17(2)20-11-10-19-6-4-5-7-21(19)14-20;/h4-11,14-15,17H,12-13H2,1-3H3,(H2,23,24,26);1H. The number of fused-ring (bicyclic) bond motifs is 1. The Kier molecular flexibility index (Phi) is 8.03. The fourth-order valence-electron chi connectivity index (χ4n) is 2.93. The van der Waals surface area contributed by atoms with E-state index in [1.54, 1.807) is 7.05 Å². The van der Waals surface area contributed by atoms with Crippen molar-refractivity contribution >= 4 is 40.7 Å². The van der Waals surface area contributed by atoms with E-state index in [-0.39, 0.29) is 30.0 Å². The van der Waals surface area contributed by atoms with E-state index in [0.717, 1.165) is 24.6 Å². The summed E-state index contributed by atoms with van der Waals surface area (Å²) in [5.74, 6) is 0.811. The topological polar surface area (TPSA) is 49.3 Å². The number of guanidine groups is 1. The molecule has 2 N–H and O–H groups in total. The Morgan fingerprint density at radius 3 is 2.56 bits per heavy atom. The van der Waals surface area contributed by atoms with Crippen LogP contribution in [-0.4, -0.2) is 24.5 Å². The number of nitrogens with zero attached hydrogens (tertiary/aromatic N) is 2. The van der Waals surface area contributed by atoms with Gasteiger partial charge in [-0.2, -0.15) is 0 Å². The number of aliphatic imine (C=N–C) groups is 1. The molecular weight excluding hydrogens is 447 g/mol. The number of aryl methyl sites for hydroxylation is 1. The predicted octanol–water partition coefficient (Wildman–Crippen LogP) is 4.63. The maximum absolute atomic E-state index is 4.34. The molecule has 1 heterocycles. The third-order valence-electron chi connectivity index (χ3n) is 4.53. The molecule has 0 aliphatic heterocycles. The maximum atomic E-state index is 4.34. The van der Waals surface area contributed by atoms with E-state index in [1.807, 2.05) is 19.2 Å². The summed E-state index contributed by atoms with van der Waals surface area (Å²) >= 11 is 0. The number of hydrogen-bond acceptors (Lipinski definition) is 2. The molecule has 2 aromatic carbocycles. The predicted molar refractivity (Wildman–Crippen MR) is 125 cm³/mol. The van der Waals surface area contributed by atoms with Crippen molar-refractivity contribution in [2.75, 3.05) is 13.6 Å². The number of aromatic nitrogens is 1. The second-order valence-electron chi connectivity index (χ2n) is 6.53. The summed E-state index contributed by atoms with van der Waals surface area (Å²) in [6, 6.07) is 19.3. The van der Waals surface area contributed by atoms with Crippen molar-refractivity contribution in [2.45, 2.75) is 26.3 Å². The van der Waals surface area contributed by atoms with Crippen molar-refractivity contribution in [3.8, 4) is 0 Å². The molecule has 0 saturated carbocycles. The zero-order valence-corrected chi connectivity index (χ0v) is 18.4. The van der Waals surface area contributed by atoms with Crippen LogP contribution >= 0.6 is 24.0 Å². The van der Waals surface area contributed by atoms with Crippen molar-refractivity contribution in [1.29, 1.82) is 0 Å². The van der Waals surface area contributed by atoms with E-state index in [1.165, 1.54) is 21.9 Å². The normalized spacial score (nSPS) is 12.3. The average Bonchev–Trinajstić information content (AvgIpc) is 2.68. The highest BCUT2D eigenvalue weighted by Crippen LogP contribution is 2.20. The molecule has 1 aromatic heterocycles. The molecule has 3 rings (SSSR count). The van der Waals surface area contributed by atoms with Gasteiger partial charge in [0.25, 0.3) is 0 Å². The Hall–Kier alpha value is -2.15. The molecule has 0 aliphatic rings. The largest absolute Gasteiger partial charge is 0.356 e. The summed E-state index contributed by atoms with van der Waals surface area (Å²) in [5.41, 5.74) is 3.51. The third kappa shape index (κ3) is 5.92. The number of rotatable bonds is 5. The molecule has 27 heavy (non-hydrogen) atoms. The lowest BCUT2D eigenvalue weighted by molar-refractivity contribution is 0.685. The third-order valence-corrected chi connectivity index (χ3v) is 4.53. The highest BCUT2D eigenvalue weighted by Gasteiger charge is 2.08. The lowest BCUT2D eigenvalue weighted by Crippen LogP contribution is -2.39. The van der Waals surface area contributed by atoms with Gasteiger partial charge in [-0.3, -0.25) is 9.98 Å². The van der Waals surface area contributed by atoms with Gasteiger partial charge in [0.2, 0.25) is 0 Å². The summed E-state index contributed by atoms with van der Waals surface area (Å²) in [6.45, 7) is 4.97. The smallest absolute Gasteiger partial charge is 0.191 e. The molecule has 0 fully saturated rings. The molecule has 4 nitrogen and oxygen atoms in total. The van der Waals surface area contributed by atoms with Crippen LogP contribution in [0.15, 0.2) is 65.8 Å². The summed E-state index contributed by atoms with van der Waals surface area (Å²) in [5, 5.41) is 9.37. The van der Waals surface area contributed by atoms with E-state index in [2.05, 4.69) is 76.1 Å². The van der Waals surface area contributed by atoms with Crippen molar-refractivity contribution in [2.24, 2.45) is 4.99 Å². The van der Waals surface area contributed by atoms with Gasteiger partial charge >= 0.3 is 0 Å². The highest BCUT2D eigenvalue weighted by molar-refractivity contribution is 14.0. The molecule has 3 aromatic rings. The first-order valence-corrected chi connectivity index (χ1v) is 9.03. The number of pyridine rings is 1. The van der Waals surface area contributed by atoms with Crippen molar-refractivity contribution in [3.05, 3.63) is 77.6 Å².